The van der Waals surface area contributed by atoms with Crippen LogP contribution in [-0.2, 0) is 0 Å². The minimum atomic E-state index is -0.588. The molecule has 2 aromatic carbocycles. The van der Waals surface area contributed by atoms with Crippen LogP contribution in [0.4, 0.5) is 17.1 Å². The summed E-state index contributed by atoms with van der Waals surface area (Å²) < 4.78 is 0.798. The Bertz CT molecular complexity index is 722. The molecule has 0 saturated carbocycles. The van der Waals surface area contributed by atoms with Crippen molar-refractivity contribution in [2.45, 2.75) is 0 Å². The Morgan fingerprint density at radius 3 is 2.55 bits per heavy atom. The van der Waals surface area contributed by atoms with E-state index in [1.165, 1.54) is 6.07 Å². The number of nitrogens with one attached hydrogen (secondary N) is 1. The first-order valence-corrected chi connectivity index (χ1v) is 6.46. The lowest BCUT2D eigenvalue weighted by atomic mass is 10.1. The Balaban J connectivity index is 2.45. The third-order valence-corrected chi connectivity index (χ3v) is 3.17. The van der Waals surface area contributed by atoms with E-state index in [0.717, 1.165) is 4.47 Å². The summed E-state index contributed by atoms with van der Waals surface area (Å²) in [5.74, 6) is -0.588. The number of rotatable bonds is 3. The second kappa shape index (κ2) is 5.63. The van der Waals surface area contributed by atoms with E-state index in [1.54, 1.807) is 30.3 Å². The summed E-state index contributed by atoms with van der Waals surface area (Å²) in [6.07, 6.45) is 0. The number of carbonyl (C=O) groups excluding carboxylic acids is 1. The Morgan fingerprint density at radius 2 is 1.90 bits per heavy atom. The van der Waals surface area contributed by atoms with E-state index in [0.29, 0.717) is 22.6 Å². The van der Waals surface area contributed by atoms with Gasteiger partial charge in [-0.1, -0.05) is 15.9 Å². The van der Waals surface area contributed by atoms with E-state index >= 15 is 0 Å². The van der Waals surface area contributed by atoms with Crippen LogP contribution >= 0.6 is 15.9 Å². The van der Waals surface area contributed by atoms with Crippen LogP contribution in [0.15, 0.2) is 40.9 Å². The molecule has 100 valence electrons. The van der Waals surface area contributed by atoms with Gasteiger partial charge in [-0.15, -0.1) is 0 Å². The van der Waals surface area contributed by atoms with E-state index in [1.807, 2.05) is 0 Å². The van der Waals surface area contributed by atoms with Gasteiger partial charge < -0.3 is 16.8 Å². The van der Waals surface area contributed by atoms with E-state index in [9.17, 15) is 4.79 Å². The number of benzene rings is 2. The molecule has 0 unspecified atom stereocenters. The van der Waals surface area contributed by atoms with Gasteiger partial charge in [0.25, 0.3) is 5.91 Å². The van der Waals surface area contributed by atoms with Gasteiger partial charge in [0.15, 0.2) is 0 Å². The van der Waals surface area contributed by atoms with Crippen molar-refractivity contribution >= 4 is 38.9 Å². The van der Waals surface area contributed by atoms with Crippen molar-refractivity contribution in [3.63, 3.8) is 0 Å². The molecule has 0 aliphatic rings. The lowest BCUT2D eigenvalue weighted by Crippen LogP contribution is -2.14. The van der Waals surface area contributed by atoms with Crippen LogP contribution in [0.5, 0.6) is 0 Å². The molecule has 2 rings (SSSR count). The SMILES string of the molecule is N#Cc1cc(Br)ccc1Nc1ccc(N)cc1C(N)=O. The molecule has 5 nitrogen and oxygen atoms in total. The molecule has 0 radical (unpaired) electrons. The van der Waals surface area contributed by atoms with Gasteiger partial charge in [-0.25, -0.2) is 0 Å². The molecule has 0 aliphatic carbocycles. The van der Waals surface area contributed by atoms with Crippen molar-refractivity contribution in [1.29, 1.82) is 5.26 Å². The minimum Gasteiger partial charge on any atom is -0.399 e. The molecule has 20 heavy (non-hydrogen) atoms. The van der Waals surface area contributed by atoms with Crippen molar-refractivity contribution in [2.24, 2.45) is 5.73 Å². The number of hydrogen-bond acceptors (Lipinski definition) is 4. The van der Waals surface area contributed by atoms with Crippen LogP contribution in [0, 0.1) is 11.3 Å². The molecular formula is C14H11BrN4O. The quantitative estimate of drug-likeness (QED) is 0.752. The summed E-state index contributed by atoms with van der Waals surface area (Å²) >= 11 is 3.30. The van der Waals surface area contributed by atoms with Crippen molar-refractivity contribution in [1.82, 2.24) is 0 Å². The molecule has 0 aromatic heterocycles. The molecular weight excluding hydrogens is 320 g/mol. The molecule has 0 heterocycles. The number of nitrogens with two attached hydrogens (primary N) is 2. The summed E-state index contributed by atoms with van der Waals surface area (Å²) in [5.41, 5.74) is 13.2. The zero-order valence-electron chi connectivity index (χ0n) is 10.4. The average molecular weight is 331 g/mol. The average Bonchev–Trinajstić information content (AvgIpc) is 2.42. The summed E-state index contributed by atoms with van der Waals surface area (Å²) in [6, 6.07) is 12.1. The van der Waals surface area contributed by atoms with Crippen LogP contribution in [0.2, 0.25) is 0 Å². The van der Waals surface area contributed by atoms with E-state index < -0.39 is 5.91 Å². The third kappa shape index (κ3) is 2.90. The molecule has 0 saturated heterocycles. The van der Waals surface area contributed by atoms with Gasteiger partial charge in [-0.3, -0.25) is 4.79 Å². The molecule has 0 fully saturated rings. The van der Waals surface area contributed by atoms with Gasteiger partial charge in [0, 0.05) is 10.2 Å². The fourth-order valence-corrected chi connectivity index (χ4v) is 2.10. The molecule has 1 amide bonds. The number of amides is 1. The summed E-state index contributed by atoms with van der Waals surface area (Å²) in [5, 5.41) is 12.1. The maximum atomic E-state index is 11.4. The highest BCUT2D eigenvalue weighted by atomic mass is 79.9. The summed E-state index contributed by atoms with van der Waals surface area (Å²) in [7, 11) is 0. The third-order valence-electron chi connectivity index (χ3n) is 2.68. The van der Waals surface area contributed by atoms with Crippen LogP contribution in [0.3, 0.4) is 0 Å². The van der Waals surface area contributed by atoms with Crippen molar-refractivity contribution in [3.05, 3.63) is 52.0 Å². The molecule has 0 spiro atoms. The van der Waals surface area contributed by atoms with Gasteiger partial charge in [0.05, 0.1) is 22.5 Å². The highest BCUT2D eigenvalue weighted by Crippen LogP contribution is 2.27. The maximum absolute atomic E-state index is 11.4. The number of nitrogen functional groups attached to an aromatic ring is 1. The van der Waals surface area contributed by atoms with E-state index in [-0.39, 0.29) is 5.56 Å². The van der Waals surface area contributed by atoms with E-state index in [2.05, 4.69) is 27.3 Å². The van der Waals surface area contributed by atoms with Crippen LogP contribution in [0.25, 0.3) is 0 Å². The van der Waals surface area contributed by atoms with Gasteiger partial charge >= 0.3 is 0 Å². The Hall–Kier alpha value is -2.52. The second-order valence-corrected chi connectivity index (χ2v) is 5.01. The summed E-state index contributed by atoms with van der Waals surface area (Å²) in [4.78, 5) is 11.4. The van der Waals surface area contributed by atoms with Gasteiger partial charge in [0.2, 0.25) is 0 Å². The monoisotopic (exact) mass is 330 g/mol. The molecule has 5 N–H and O–H groups in total. The van der Waals surface area contributed by atoms with Gasteiger partial charge in [-0.05, 0) is 36.4 Å². The number of carbonyl (C=O) groups is 1. The van der Waals surface area contributed by atoms with Crippen molar-refractivity contribution < 1.29 is 4.79 Å². The molecule has 0 bridgehead atoms. The first kappa shape index (κ1) is 13.9. The summed E-state index contributed by atoms with van der Waals surface area (Å²) in [6.45, 7) is 0. The largest absolute Gasteiger partial charge is 0.399 e. The first-order valence-electron chi connectivity index (χ1n) is 5.67. The Kier molecular flexibility index (Phi) is 3.91. The molecule has 0 aliphatic heterocycles. The minimum absolute atomic E-state index is 0.275. The molecule has 0 atom stereocenters. The Labute approximate surface area is 124 Å². The van der Waals surface area contributed by atoms with Gasteiger partial charge in [0.1, 0.15) is 6.07 Å². The Morgan fingerprint density at radius 1 is 1.20 bits per heavy atom. The molecule has 6 heteroatoms. The standard InChI is InChI=1S/C14H11BrN4O/c15-9-1-3-12(8(5-9)7-16)19-13-4-2-10(17)6-11(13)14(18)20/h1-6,19H,17H2,(H2,18,20). The maximum Gasteiger partial charge on any atom is 0.250 e. The van der Waals surface area contributed by atoms with Crippen molar-refractivity contribution in [2.75, 3.05) is 11.1 Å². The topological polar surface area (TPSA) is 105 Å². The number of hydrogen-bond donors (Lipinski definition) is 3. The van der Waals surface area contributed by atoms with Crippen LogP contribution in [0.1, 0.15) is 15.9 Å². The molecule has 2 aromatic rings. The van der Waals surface area contributed by atoms with Crippen LogP contribution in [-0.4, -0.2) is 5.91 Å². The van der Waals surface area contributed by atoms with Crippen molar-refractivity contribution in [3.8, 4) is 6.07 Å². The number of nitrogens with zero attached hydrogens (tertiary/aromatic N) is 1. The lowest BCUT2D eigenvalue weighted by Gasteiger charge is -2.12. The zero-order chi connectivity index (χ0) is 14.7. The first-order chi connectivity index (χ1) is 9.51. The number of anilines is 3. The fourth-order valence-electron chi connectivity index (χ4n) is 1.74. The number of nitriles is 1. The smallest absolute Gasteiger partial charge is 0.250 e. The second-order valence-electron chi connectivity index (χ2n) is 4.10. The van der Waals surface area contributed by atoms with E-state index in [4.69, 9.17) is 16.7 Å². The highest BCUT2D eigenvalue weighted by Gasteiger charge is 2.11. The number of halogens is 1. The predicted octanol–water partition coefficient (Wildman–Crippen LogP) is 2.75. The highest BCUT2D eigenvalue weighted by molar-refractivity contribution is 9.10. The van der Waals surface area contributed by atoms with Crippen LogP contribution < -0.4 is 16.8 Å². The fraction of sp³-hybridized carbons (Fsp3) is 0. The van der Waals surface area contributed by atoms with Gasteiger partial charge in [-0.2, -0.15) is 5.26 Å². The lowest BCUT2D eigenvalue weighted by molar-refractivity contribution is 0.100. The zero-order valence-corrected chi connectivity index (χ0v) is 11.9. The number of primary amides is 1. The predicted molar refractivity (Wildman–Crippen MR) is 81.5 cm³/mol. The normalized spacial score (nSPS) is 9.80.